The summed E-state index contributed by atoms with van der Waals surface area (Å²) in [5.74, 6) is 0.888. The van der Waals surface area contributed by atoms with Crippen LogP contribution in [0.2, 0.25) is 0 Å². The average molecular weight is 400 g/mol. The van der Waals surface area contributed by atoms with Gasteiger partial charge < -0.3 is 10.2 Å². The number of carbonyl (C=O) groups is 1. The summed E-state index contributed by atoms with van der Waals surface area (Å²) in [6, 6.07) is 7.71. The standard InChI is InChI=1S/C17H25IN2O/c1-14-6-5-11-20(13-14)10-3-2-9-19-17(21)15-7-4-8-16(18)12-15/h4,7-8,12,14H,2-3,5-6,9-11,13H2,1H3,(H,19,21)/t14-/m1/s1. The fraction of sp³-hybridized carbons (Fsp3) is 0.588. The van der Waals surface area contributed by atoms with Crippen LogP contribution in [0.1, 0.15) is 43.0 Å². The number of carbonyl (C=O) groups excluding carboxylic acids is 1. The normalized spacial score (nSPS) is 19.4. The van der Waals surface area contributed by atoms with Gasteiger partial charge in [0.15, 0.2) is 0 Å². The van der Waals surface area contributed by atoms with Crippen LogP contribution < -0.4 is 5.32 Å². The molecule has 1 N–H and O–H groups in total. The number of hydrogen-bond donors (Lipinski definition) is 1. The number of piperidine rings is 1. The molecule has 0 bridgehead atoms. The van der Waals surface area contributed by atoms with Gasteiger partial charge in [-0.05, 0) is 85.5 Å². The van der Waals surface area contributed by atoms with E-state index in [4.69, 9.17) is 0 Å². The molecule has 2 rings (SSSR count). The van der Waals surface area contributed by atoms with Gasteiger partial charge in [0, 0.05) is 22.2 Å². The molecule has 1 amide bonds. The Morgan fingerprint density at radius 1 is 1.43 bits per heavy atom. The maximum Gasteiger partial charge on any atom is 0.251 e. The van der Waals surface area contributed by atoms with Crippen molar-refractivity contribution in [3.05, 3.63) is 33.4 Å². The molecule has 1 fully saturated rings. The lowest BCUT2D eigenvalue weighted by Gasteiger charge is -2.30. The average Bonchev–Trinajstić information content (AvgIpc) is 2.47. The highest BCUT2D eigenvalue weighted by Gasteiger charge is 2.15. The molecule has 1 aromatic rings. The van der Waals surface area contributed by atoms with E-state index >= 15 is 0 Å². The van der Waals surface area contributed by atoms with Gasteiger partial charge in [-0.1, -0.05) is 13.0 Å². The minimum atomic E-state index is 0.0418. The number of amides is 1. The zero-order chi connectivity index (χ0) is 15.1. The van der Waals surface area contributed by atoms with Gasteiger partial charge in [-0.2, -0.15) is 0 Å². The number of nitrogens with zero attached hydrogens (tertiary/aromatic N) is 1. The Labute approximate surface area is 141 Å². The SMILES string of the molecule is C[C@@H]1CCCN(CCCCNC(=O)c2cccc(I)c2)C1. The highest BCUT2D eigenvalue weighted by atomic mass is 127. The van der Waals surface area contributed by atoms with Crippen LogP contribution in [0.5, 0.6) is 0 Å². The molecule has 1 aromatic carbocycles. The van der Waals surface area contributed by atoms with Crippen molar-refractivity contribution in [2.24, 2.45) is 5.92 Å². The molecule has 1 atom stereocenters. The summed E-state index contributed by atoms with van der Waals surface area (Å²) < 4.78 is 1.10. The van der Waals surface area contributed by atoms with Crippen molar-refractivity contribution >= 4 is 28.5 Å². The van der Waals surface area contributed by atoms with E-state index in [1.165, 1.54) is 38.9 Å². The zero-order valence-electron chi connectivity index (χ0n) is 12.8. The van der Waals surface area contributed by atoms with Crippen molar-refractivity contribution in [1.29, 1.82) is 0 Å². The van der Waals surface area contributed by atoms with E-state index in [2.05, 4.69) is 39.7 Å². The van der Waals surface area contributed by atoms with Crippen LogP contribution in [0.25, 0.3) is 0 Å². The lowest BCUT2D eigenvalue weighted by Crippen LogP contribution is -2.35. The summed E-state index contributed by atoms with van der Waals surface area (Å²) in [6.45, 7) is 6.78. The van der Waals surface area contributed by atoms with Crippen LogP contribution in [0.4, 0.5) is 0 Å². The number of halogens is 1. The van der Waals surface area contributed by atoms with Gasteiger partial charge in [0.05, 0.1) is 0 Å². The van der Waals surface area contributed by atoms with E-state index in [1.807, 2.05) is 24.3 Å². The maximum atomic E-state index is 12.0. The van der Waals surface area contributed by atoms with Crippen molar-refractivity contribution in [2.75, 3.05) is 26.2 Å². The molecule has 0 spiro atoms. The third-order valence-electron chi connectivity index (χ3n) is 4.01. The minimum Gasteiger partial charge on any atom is -0.352 e. The summed E-state index contributed by atoms with van der Waals surface area (Å²) >= 11 is 2.23. The highest BCUT2D eigenvalue weighted by molar-refractivity contribution is 14.1. The van der Waals surface area contributed by atoms with Crippen molar-refractivity contribution < 1.29 is 4.79 Å². The minimum absolute atomic E-state index is 0.0418. The topological polar surface area (TPSA) is 32.3 Å². The molecule has 0 aliphatic carbocycles. The maximum absolute atomic E-state index is 12.0. The van der Waals surface area contributed by atoms with Gasteiger partial charge in [0.2, 0.25) is 0 Å². The van der Waals surface area contributed by atoms with Gasteiger partial charge >= 0.3 is 0 Å². The largest absolute Gasteiger partial charge is 0.352 e. The fourth-order valence-electron chi connectivity index (χ4n) is 2.88. The summed E-state index contributed by atoms with van der Waals surface area (Å²) in [5, 5.41) is 3.01. The Morgan fingerprint density at radius 2 is 2.29 bits per heavy atom. The Kier molecular flexibility index (Phi) is 6.96. The van der Waals surface area contributed by atoms with Crippen LogP contribution >= 0.6 is 22.6 Å². The van der Waals surface area contributed by atoms with E-state index in [0.29, 0.717) is 0 Å². The molecular formula is C17H25IN2O. The van der Waals surface area contributed by atoms with E-state index in [1.54, 1.807) is 0 Å². The molecule has 1 aliphatic rings. The Hall–Kier alpha value is -0.620. The Morgan fingerprint density at radius 3 is 3.05 bits per heavy atom. The van der Waals surface area contributed by atoms with Crippen LogP contribution in [-0.2, 0) is 0 Å². The van der Waals surface area contributed by atoms with E-state index < -0.39 is 0 Å². The van der Waals surface area contributed by atoms with Crippen molar-refractivity contribution in [3.8, 4) is 0 Å². The lowest BCUT2D eigenvalue weighted by molar-refractivity contribution is 0.0952. The smallest absolute Gasteiger partial charge is 0.251 e. The second-order valence-electron chi connectivity index (χ2n) is 6.02. The van der Waals surface area contributed by atoms with E-state index in [0.717, 1.165) is 28.0 Å². The van der Waals surface area contributed by atoms with Crippen molar-refractivity contribution in [1.82, 2.24) is 10.2 Å². The molecule has 4 heteroatoms. The summed E-state index contributed by atoms with van der Waals surface area (Å²) in [6.07, 6.45) is 4.94. The van der Waals surface area contributed by atoms with Gasteiger partial charge in [-0.25, -0.2) is 0 Å². The number of benzene rings is 1. The molecule has 0 radical (unpaired) electrons. The highest BCUT2D eigenvalue weighted by Crippen LogP contribution is 2.15. The zero-order valence-corrected chi connectivity index (χ0v) is 14.9. The molecule has 0 saturated carbocycles. The third kappa shape index (κ3) is 5.94. The predicted molar refractivity (Wildman–Crippen MR) is 95.6 cm³/mol. The number of rotatable bonds is 6. The molecule has 3 nitrogen and oxygen atoms in total. The predicted octanol–water partition coefficient (Wildman–Crippen LogP) is 3.53. The lowest BCUT2D eigenvalue weighted by atomic mass is 10.0. The van der Waals surface area contributed by atoms with Gasteiger partial charge in [0.25, 0.3) is 5.91 Å². The molecule has 1 aliphatic heterocycles. The number of unbranched alkanes of at least 4 members (excludes halogenated alkanes) is 1. The van der Waals surface area contributed by atoms with Gasteiger partial charge in [-0.15, -0.1) is 0 Å². The summed E-state index contributed by atoms with van der Waals surface area (Å²) in [4.78, 5) is 14.5. The summed E-state index contributed by atoms with van der Waals surface area (Å²) in [7, 11) is 0. The Balaban J connectivity index is 1.60. The van der Waals surface area contributed by atoms with E-state index in [-0.39, 0.29) is 5.91 Å². The molecule has 0 aromatic heterocycles. The van der Waals surface area contributed by atoms with Crippen molar-refractivity contribution in [2.45, 2.75) is 32.6 Å². The monoisotopic (exact) mass is 400 g/mol. The first-order chi connectivity index (χ1) is 10.1. The third-order valence-corrected chi connectivity index (χ3v) is 4.69. The number of likely N-dealkylation sites (tertiary alicyclic amines) is 1. The second kappa shape index (κ2) is 8.73. The molecule has 1 saturated heterocycles. The molecule has 116 valence electrons. The molecule has 1 heterocycles. The quantitative estimate of drug-likeness (QED) is 0.586. The first-order valence-electron chi connectivity index (χ1n) is 7.91. The van der Waals surface area contributed by atoms with Gasteiger partial charge in [-0.3, -0.25) is 4.79 Å². The van der Waals surface area contributed by atoms with Crippen LogP contribution in [0.3, 0.4) is 0 Å². The van der Waals surface area contributed by atoms with Gasteiger partial charge in [0.1, 0.15) is 0 Å². The van der Waals surface area contributed by atoms with E-state index in [9.17, 15) is 4.79 Å². The van der Waals surface area contributed by atoms with Crippen LogP contribution in [0.15, 0.2) is 24.3 Å². The first-order valence-corrected chi connectivity index (χ1v) is 8.99. The fourth-order valence-corrected chi connectivity index (χ4v) is 3.43. The van der Waals surface area contributed by atoms with Crippen LogP contribution in [0, 0.1) is 9.49 Å². The molecule has 21 heavy (non-hydrogen) atoms. The first kappa shape index (κ1) is 16.7. The number of nitrogens with one attached hydrogen (secondary N) is 1. The number of hydrogen-bond acceptors (Lipinski definition) is 2. The summed E-state index contributed by atoms with van der Waals surface area (Å²) in [5.41, 5.74) is 0.756. The van der Waals surface area contributed by atoms with Crippen LogP contribution in [-0.4, -0.2) is 37.0 Å². The second-order valence-corrected chi connectivity index (χ2v) is 7.27. The van der Waals surface area contributed by atoms with Crippen molar-refractivity contribution in [3.63, 3.8) is 0 Å². The molecule has 0 unspecified atom stereocenters. The molecular weight excluding hydrogens is 375 g/mol. The Bertz CT molecular complexity index is 464.